The molecule has 34 heavy (non-hydrogen) atoms. The van der Waals surface area contributed by atoms with Crippen LogP contribution in [0.25, 0.3) is 10.6 Å². The van der Waals surface area contributed by atoms with Crippen LogP contribution >= 0.6 is 11.3 Å². The van der Waals surface area contributed by atoms with E-state index >= 15 is 0 Å². The van der Waals surface area contributed by atoms with Crippen molar-refractivity contribution in [2.24, 2.45) is 11.7 Å². The summed E-state index contributed by atoms with van der Waals surface area (Å²) in [7, 11) is 0. The van der Waals surface area contributed by atoms with Crippen molar-refractivity contribution in [1.29, 1.82) is 0 Å². The van der Waals surface area contributed by atoms with Gasteiger partial charge in [-0.2, -0.15) is 0 Å². The molecular formula is C23H24F2N6O2S. The summed E-state index contributed by atoms with van der Waals surface area (Å²) in [6.07, 6.45) is 3.13. The molecule has 2 aromatic heterocycles. The van der Waals surface area contributed by atoms with Gasteiger partial charge in [0.1, 0.15) is 21.6 Å². The van der Waals surface area contributed by atoms with Crippen LogP contribution in [0.3, 0.4) is 0 Å². The predicted octanol–water partition coefficient (Wildman–Crippen LogP) is 3.43. The number of piperidine rings is 1. The van der Waals surface area contributed by atoms with Crippen LogP contribution in [0, 0.1) is 17.6 Å². The molecule has 1 amide bonds. The molecule has 0 radical (unpaired) electrons. The molecular weight excluding hydrogens is 462 g/mol. The highest BCUT2D eigenvalue weighted by atomic mass is 32.1. The van der Waals surface area contributed by atoms with Gasteiger partial charge in [0, 0.05) is 31.1 Å². The number of pyridine rings is 1. The third-order valence-electron chi connectivity index (χ3n) is 6.00. The molecule has 5 rings (SSSR count). The Bertz CT molecular complexity index is 1240. The summed E-state index contributed by atoms with van der Waals surface area (Å²) in [6, 6.07) is 3.53. The molecule has 2 aliphatic heterocycles. The number of thiazole rings is 1. The normalized spacial score (nSPS) is 19.6. The van der Waals surface area contributed by atoms with E-state index in [-0.39, 0.29) is 27.3 Å². The Balaban J connectivity index is 1.49. The number of ether oxygens (including phenoxy) is 1. The van der Waals surface area contributed by atoms with E-state index in [4.69, 9.17) is 16.2 Å². The molecule has 0 saturated carbocycles. The van der Waals surface area contributed by atoms with Gasteiger partial charge in [0.25, 0.3) is 5.91 Å². The average molecular weight is 487 g/mol. The average Bonchev–Trinajstić information content (AvgIpc) is 3.39. The lowest BCUT2D eigenvalue weighted by atomic mass is 9.95. The maximum atomic E-state index is 14.2. The SMILES string of the molecule is C[C@H]1C[C@H](N)CN(c2c(NC(=O)c3nc(-c4c(F)cccc4F)sc3N)cnc3c2CCO3)C1. The molecule has 2 atom stereocenters. The van der Waals surface area contributed by atoms with Crippen LogP contribution < -0.4 is 26.4 Å². The van der Waals surface area contributed by atoms with Gasteiger partial charge in [-0.25, -0.2) is 18.7 Å². The third kappa shape index (κ3) is 4.05. The summed E-state index contributed by atoms with van der Waals surface area (Å²) in [5, 5.41) is 2.91. The quantitative estimate of drug-likeness (QED) is 0.517. The van der Waals surface area contributed by atoms with Crippen molar-refractivity contribution in [1.82, 2.24) is 9.97 Å². The Hall–Kier alpha value is -3.31. The van der Waals surface area contributed by atoms with Crippen LogP contribution in [0.2, 0.25) is 0 Å². The zero-order chi connectivity index (χ0) is 24.0. The Kier molecular flexibility index (Phi) is 5.82. The molecule has 0 spiro atoms. The van der Waals surface area contributed by atoms with Crippen molar-refractivity contribution in [3.8, 4) is 16.5 Å². The van der Waals surface area contributed by atoms with Crippen LogP contribution in [-0.4, -0.2) is 41.6 Å². The lowest BCUT2D eigenvalue weighted by Gasteiger charge is -2.38. The number of benzene rings is 1. The number of hydrogen-bond acceptors (Lipinski definition) is 8. The van der Waals surface area contributed by atoms with Crippen LogP contribution in [0.1, 0.15) is 29.4 Å². The van der Waals surface area contributed by atoms with E-state index in [1.807, 2.05) is 0 Å². The summed E-state index contributed by atoms with van der Waals surface area (Å²) in [4.78, 5) is 23.9. The van der Waals surface area contributed by atoms with Crippen LogP contribution in [0.5, 0.6) is 5.88 Å². The van der Waals surface area contributed by atoms with Gasteiger partial charge in [-0.3, -0.25) is 4.79 Å². The summed E-state index contributed by atoms with van der Waals surface area (Å²) < 4.78 is 34.1. The van der Waals surface area contributed by atoms with E-state index in [1.165, 1.54) is 6.07 Å². The lowest BCUT2D eigenvalue weighted by molar-refractivity contribution is 0.102. The van der Waals surface area contributed by atoms with E-state index in [0.717, 1.165) is 47.7 Å². The molecule has 2 aliphatic rings. The Morgan fingerprint density at radius 3 is 2.79 bits per heavy atom. The van der Waals surface area contributed by atoms with E-state index in [0.29, 0.717) is 37.1 Å². The van der Waals surface area contributed by atoms with Gasteiger partial charge in [-0.05, 0) is 24.5 Å². The Morgan fingerprint density at radius 2 is 2.06 bits per heavy atom. The molecule has 1 fully saturated rings. The Morgan fingerprint density at radius 1 is 1.29 bits per heavy atom. The molecule has 0 unspecified atom stereocenters. The number of fused-ring (bicyclic) bond motifs is 1. The van der Waals surface area contributed by atoms with Crippen LogP contribution in [0.15, 0.2) is 24.4 Å². The molecule has 178 valence electrons. The molecule has 8 nitrogen and oxygen atoms in total. The number of amides is 1. The van der Waals surface area contributed by atoms with Crippen LogP contribution in [0.4, 0.5) is 25.2 Å². The largest absolute Gasteiger partial charge is 0.477 e. The summed E-state index contributed by atoms with van der Waals surface area (Å²) in [5.41, 5.74) is 14.1. The number of nitrogen functional groups attached to an aromatic ring is 1. The minimum Gasteiger partial charge on any atom is -0.477 e. The van der Waals surface area contributed by atoms with E-state index < -0.39 is 17.5 Å². The zero-order valence-electron chi connectivity index (χ0n) is 18.5. The first-order valence-corrected chi connectivity index (χ1v) is 11.8. The number of carbonyl (C=O) groups is 1. The molecule has 0 bridgehead atoms. The second-order valence-electron chi connectivity index (χ2n) is 8.69. The number of carbonyl (C=O) groups excluding carboxylic acids is 1. The molecule has 11 heteroatoms. The fourth-order valence-electron chi connectivity index (χ4n) is 4.65. The second kappa shape index (κ2) is 8.80. The fourth-order valence-corrected chi connectivity index (χ4v) is 5.52. The molecule has 5 N–H and O–H groups in total. The number of nitrogens with two attached hydrogens (primary N) is 2. The van der Waals surface area contributed by atoms with Gasteiger partial charge < -0.3 is 26.4 Å². The lowest BCUT2D eigenvalue weighted by Crippen LogP contribution is -2.47. The number of nitrogens with one attached hydrogen (secondary N) is 1. The van der Waals surface area contributed by atoms with E-state index in [9.17, 15) is 13.6 Å². The fraction of sp³-hybridized carbons (Fsp3) is 0.348. The number of aromatic nitrogens is 2. The molecule has 1 saturated heterocycles. The smallest absolute Gasteiger partial charge is 0.277 e. The van der Waals surface area contributed by atoms with Gasteiger partial charge >= 0.3 is 0 Å². The summed E-state index contributed by atoms with van der Waals surface area (Å²) in [6.45, 7) is 4.07. The number of anilines is 3. The highest BCUT2D eigenvalue weighted by molar-refractivity contribution is 7.19. The number of halogens is 2. The first kappa shape index (κ1) is 22.5. The van der Waals surface area contributed by atoms with Gasteiger partial charge in [0.05, 0.1) is 29.7 Å². The molecule has 4 heterocycles. The maximum absolute atomic E-state index is 14.2. The van der Waals surface area contributed by atoms with Gasteiger partial charge in [-0.15, -0.1) is 0 Å². The van der Waals surface area contributed by atoms with E-state index in [2.05, 4.69) is 27.1 Å². The highest BCUT2D eigenvalue weighted by Gasteiger charge is 2.31. The van der Waals surface area contributed by atoms with Crippen LogP contribution in [-0.2, 0) is 6.42 Å². The van der Waals surface area contributed by atoms with Crippen molar-refractivity contribution in [2.45, 2.75) is 25.8 Å². The first-order valence-electron chi connectivity index (χ1n) is 11.0. The standard InChI is InChI=1S/C23H24F2N6O2S/c1-11-7-12(26)10-31(9-11)19-13-5-6-33-22(13)28-8-16(19)29-21(32)18-20(27)34-23(30-18)17-14(24)3-2-4-15(17)25/h2-4,8,11-12H,5-7,9-10,26-27H2,1H3,(H,29,32)/t11-,12-/m0/s1. The predicted molar refractivity (Wildman–Crippen MR) is 127 cm³/mol. The minimum atomic E-state index is -0.777. The minimum absolute atomic E-state index is 0.00483. The zero-order valence-corrected chi connectivity index (χ0v) is 19.3. The maximum Gasteiger partial charge on any atom is 0.277 e. The van der Waals surface area contributed by atoms with E-state index in [1.54, 1.807) is 6.20 Å². The second-order valence-corrected chi connectivity index (χ2v) is 9.72. The first-order chi connectivity index (χ1) is 16.3. The summed E-state index contributed by atoms with van der Waals surface area (Å²) in [5.74, 6) is -1.22. The highest BCUT2D eigenvalue weighted by Crippen LogP contribution is 2.40. The van der Waals surface area contributed by atoms with Crippen molar-refractivity contribution in [3.63, 3.8) is 0 Å². The third-order valence-corrected chi connectivity index (χ3v) is 6.90. The number of nitrogens with zero attached hydrogens (tertiary/aromatic N) is 3. The van der Waals surface area contributed by atoms with Crippen molar-refractivity contribution >= 4 is 33.6 Å². The van der Waals surface area contributed by atoms with Crippen molar-refractivity contribution in [2.75, 3.05) is 35.6 Å². The molecule has 0 aliphatic carbocycles. The topological polar surface area (TPSA) is 119 Å². The monoisotopic (exact) mass is 486 g/mol. The van der Waals surface area contributed by atoms with Gasteiger partial charge in [0.15, 0.2) is 5.69 Å². The number of hydrogen-bond donors (Lipinski definition) is 3. The van der Waals surface area contributed by atoms with Crippen molar-refractivity contribution < 1.29 is 18.3 Å². The molecule has 3 aromatic rings. The van der Waals surface area contributed by atoms with Gasteiger partial charge in [0.2, 0.25) is 5.88 Å². The van der Waals surface area contributed by atoms with Crippen molar-refractivity contribution in [3.05, 3.63) is 47.3 Å². The molecule has 1 aromatic carbocycles. The number of rotatable bonds is 4. The summed E-state index contributed by atoms with van der Waals surface area (Å²) >= 11 is 0.851. The Labute approximate surface area is 198 Å². The van der Waals surface area contributed by atoms with Gasteiger partial charge in [-0.1, -0.05) is 24.3 Å².